The van der Waals surface area contributed by atoms with E-state index in [0.717, 1.165) is 30.1 Å². The first-order valence-electron chi connectivity index (χ1n) is 6.89. The van der Waals surface area contributed by atoms with E-state index < -0.39 is 0 Å². The molecule has 4 unspecified atom stereocenters. The van der Waals surface area contributed by atoms with Crippen LogP contribution in [0.15, 0.2) is 12.7 Å². The summed E-state index contributed by atoms with van der Waals surface area (Å²) in [6.07, 6.45) is 6.11. The van der Waals surface area contributed by atoms with Crippen molar-refractivity contribution in [3.63, 3.8) is 0 Å². The summed E-state index contributed by atoms with van der Waals surface area (Å²) >= 11 is 0. The third-order valence-electron chi connectivity index (χ3n) is 4.37. The van der Waals surface area contributed by atoms with Gasteiger partial charge in [0.05, 0.1) is 6.61 Å². The summed E-state index contributed by atoms with van der Waals surface area (Å²) in [4.78, 5) is 11.0. The maximum atomic E-state index is 11.0. The van der Waals surface area contributed by atoms with Gasteiger partial charge in [0.1, 0.15) is 0 Å². The first-order chi connectivity index (χ1) is 8.10. The summed E-state index contributed by atoms with van der Waals surface area (Å²) in [5.41, 5.74) is 0. The summed E-state index contributed by atoms with van der Waals surface area (Å²) in [7, 11) is 0. The number of carbonyl (C=O) groups excluding carboxylic acids is 1. The summed E-state index contributed by atoms with van der Waals surface area (Å²) < 4.78 is 5.09. The van der Waals surface area contributed by atoms with Crippen LogP contribution in [0.4, 0.5) is 0 Å². The molecule has 0 spiro atoms. The van der Waals surface area contributed by atoms with Gasteiger partial charge in [-0.2, -0.15) is 0 Å². The molecule has 0 N–H and O–H groups in total. The molecule has 0 heterocycles. The summed E-state index contributed by atoms with van der Waals surface area (Å²) in [6, 6.07) is 0. The van der Waals surface area contributed by atoms with Gasteiger partial charge in [0.2, 0.25) is 0 Å². The van der Waals surface area contributed by atoms with Gasteiger partial charge >= 0.3 is 5.97 Å². The maximum absolute atomic E-state index is 11.0. The molecule has 98 valence electrons. The average Bonchev–Trinajstić information content (AvgIpc) is 2.57. The fourth-order valence-electron chi connectivity index (χ4n) is 3.25. The molecule has 1 rings (SSSR count). The lowest BCUT2D eigenvalue weighted by atomic mass is 9.84. The first-order valence-corrected chi connectivity index (χ1v) is 6.89. The highest BCUT2D eigenvalue weighted by molar-refractivity contribution is 5.81. The molecule has 0 aliphatic heterocycles. The van der Waals surface area contributed by atoms with E-state index in [1.165, 1.54) is 25.3 Å². The van der Waals surface area contributed by atoms with Crippen LogP contribution in [0.1, 0.15) is 46.5 Å². The van der Waals surface area contributed by atoms with Crippen molar-refractivity contribution < 1.29 is 9.53 Å². The lowest BCUT2D eigenvalue weighted by molar-refractivity contribution is -0.138. The molecule has 0 amide bonds. The van der Waals surface area contributed by atoms with Crippen molar-refractivity contribution in [2.24, 2.45) is 23.7 Å². The highest BCUT2D eigenvalue weighted by atomic mass is 16.5. The minimum Gasteiger partial charge on any atom is -0.463 e. The summed E-state index contributed by atoms with van der Waals surface area (Å²) in [6.45, 7) is 10.9. The summed E-state index contributed by atoms with van der Waals surface area (Å²) in [5, 5.41) is 0. The standard InChI is InChI=1S/C15H26O2/c1-5-7-14-12(4)11(3)10-13(14)8-9-17-15(16)6-2/h6,11-14H,2,5,7-10H2,1,3-4H3. The monoisotopic (exact) mass is 238 g/mol. The van der Waals surface area contributed by atoms with Crippen LogP contribution in [0.5, 0.6) is 0 Å². The van der Waals surface area contributed by atoms with Crippen molar-refractivity contribution >= 4 is 5.97 Å². The Morgan fingerprint density at radius 1 is 1.41 bits per heavy atom. The lowest BCUT2D eigenvalue weighted by Crippen LogP contribution is -2.16. The zero-order chi connectivity index (χ0) is 12.8. The van der Waals surface area contributed by atoms with Gasteiger partial charge in [0, 0.05) is 6.08 Å². The normalized spacial score (nSPS) is 32.4. The van der Waals surface area contributed by atoms with Gasteiger partial charge < -0.3 is 4.74 Å². The van der Waals surface area contributed by atoms with Crippen LogP contribution in [0.3, 0.4) is 0 Å². The molecule has 2 heteroatoms. The zero-order valence-electron chi connectivity index (χ0n) is 11.4. The number of hydrogen-bond acceptors (Lipinski definition) is 2. The Morgan fingerprint density at radius 2 is 2.12 bits per heavy atom. The zero-order valence-corrected chi connectivity index (χ0v) is 11.4. The second kappa shape index (κ2) is 6.83. The van der Waals surface area contributed by atoms with Gasteiger partial charge in [-0.1, -0.05) is 40.2 Å². The number of ether oxygens (including phenoxy) is 1. The van der Waals surface area contributed by atoms with E-state index in [-0.39, 0.29) is 5.97 Å². The number of hydrogen-bond donors (Lipinski definition) is 0. The van der Waals surface area contributed by atoms with E-state index in [4.69, 9.17) is 4.74 Å². The van der Waals surface area contributed by atoms with Crippen molar-refractivity contribution in [1.29, 1.82) is 0 Å². The van der Waals surface area contributed by atoms with Gasteiger partial charge in [0.25, 0.3) is 0 Å². The minimum atomic E-state index is -0.295. The van der Waals surface area contributed by atoms with Crippen LogP contribution >= 0.6 is 0 Å². The predicted molar refractivity (Wildman–Crippen MR) is 70.6 cm³/mol. The Kier molecular flexibility index (Phi) is 5.73. The summed E-state index contributed by atoms with van der Waals surface area (Å²) in [5.74, 6) is 2.88. The topological polar surface area (TPSA) is 26.3 Å². The largest absolute Gasteiger partial charge is 0.463 e. The van der Waals surface area contributed by atoms with E-state index in [0.29, 0.717) is 6.61 Å². The van der Waals surface area contributed by atoms with Crippen molar-refractivity contribution in [3.8, 4) is 0 Å². The molecule has 17 heavy (non-hydrogen) atoms. The van der Waals surface area contributed by atoms with Crippen LogP contribution in [0.2, 0.25) is 0 Å². The molecule has 1 aliphatic carbocycles. The van der Waals surface area contributed by atoms with Gasteiger partial charge in [-0.25, -0.2) is 4.79 Å². The molecule has 1 aliphatic rings. The Balaban J connectivity index is 2.40. The predicted octanol–water partition coefficient (Wildman–Crippen LogP) is 3.81. The molecule has 2 nitrogen and oxygen atoms in total. The fourth-order valence-corrected chi connectivity index (χ4v) is 3.25. The first kappa shape index (κ1) is 14.3. The highest BCUT2D eigenvalue weighted by Crippen LogP contribution is 2.45. The molecule has 1 fully saturated rings. The van der Waals surface area contributed by atoms with E-state index in [1.807, 2.05) is 0 Å². The van der Waals surface area contributed by atoms with Crippen molar-refractivity contribution in [3.05, 3.63) is 12.7 Å². The molecule has 0 aromatic rings. The van der Waals surface area contributed by atoms with Gasteiger partial charge in [-0.15, -0.1) is 0 Å². The van der Waals surface area contributed by atoms with Crippen LogP contribution in [0.25, 0.3) is 0 Å². The van der Waals surface area contributed by atoms with E-state index >= 15 is 0 Å². The van der Waals surface area contributed by atoms with E-state index in [9.17, 15) is 4.79 Å². The van der Waals surface area contributed by atoms with Gasteiger partial charge in [0.15, 0.2) is 0 Å². The third kappa shape index (κ3) is 3.86. The van der Waals surface area contributed by atoms with E-state index in [2.05, 4.69) is 27.4 Å². The second-order valence-electron chi connectivity index (χ2n) is 5.45. The van der Waals surface area contributed by atoms with Crippen LogP contribution in [0, 0.1) is 23.7 Å². The molecule has 0 aromatic heterocycles. The molecule has 4 atom stereocenters. The van der Waals surface area contributed by atoms with Crippen LogP contribution in [-0.4, -0.2) is 12.6 Å². The average molecular weight is 238 g/mol. The minimum absolute atomic E-state index is 0.295. The Hall–Kier alpha value is -0.790. The number of carbonyl (C=O) groups is 1. The van der Waals surface area contributed by atoms with E-state index in [1.54, 1.807) is 0 Å². The molecule has 0 radical (unpaired) electrons. The molecule has 0 bridgehead atoms. The Morgan fingerprint density at radius 3 is 2.71 bits per heavy atom. The molecule has 0 saturated heterocycles. The SMILES string of the molecule is C=CC(=O)OCCC1CC(C)C(C)C1CCC. The van der Waals surface area contributed by atoms with Crippen molar-refractivity contribution in [1.82, 2.24) is 0 Å². The van der Waals surface area contributed by atoms with Crippen molar-refractivity contribution in [2.75, 3.05) is 6.61 Å². The van der Waals surface area contributed by atoms with Crippen LogP contribution < -0.4 is 0 Å². The maximum Gasteiger partial charge on any atom is 0.330 e. The smallest absolute Gasteiger partial charge is 0.330 e. The highest BCUT2D eigenvalue weighted by Gasteiger charge is 2.37. The number of rotatable bonds is 6. The molecule has 1 saturated carbocycles. The fraction of sp³-hybridized carbons (Fsp3) is 0.800. The quantitative estimate of drug-likeness (QED) is 0.519. The molecular weight excluding hydrogens is 212 g/mol. The third-order valence-corrected chi connectivity index (χ3v) is 4.37. The molecule has 0 aromatic carbocycles. The Labute approximate surface area is 105 Å². The van der Waals surface area contributed by atoms with Gasteiger partial charge in [-0.05, 0) is 36.5 Å². The van der Waals surface area contributed by atoms with Gasteiger partial charge in [-0.3, -0.25) is 0 Å². The number of esters is 1. The second-order valence-corrected chi connectivity index (χ2v) is 5.45. The van der Waals surface area contributed by atoms with Crippen molar-refractivity contribution in [2.45, 2.75) is 46.5 Å². The molecular formula is C15H26O2. The Bertz CT molecular complexity index is 260. The van der Waals surface area contributed by atoms with Crippen LogP contribution in [-0.2, 0) is 9.53 Å². The lowest BCUT2D eigenvalue weighted by Gasteiger charge is -2.22.